The van der Waals surface area contributed by atoms with Gasteiger partial charge in [0.2, 0.25) is 0 Å². The lowest BCUT2D eigenvalue weighted by molar-refractivity contribution is 0.578. The van der Waals surface area contributed by atoms with Gasteiger partial charge < -0.3 is 9.88 Å². The number of benzene rings is 1. The molecule has 1 fully saturated rings. The van der Waals surface area contributed by atoms with Crippen LogP contribution in [0.15, 0.2) is 23.0 Å². The third kappa shape index (κ3) is 2.22. The molecule has 0 unspecified atom stereocenters. The van der Waals surface area contributed by atoms with Gasteiger partial charge in [-0.15, -0.1) is 0 Å². The van der Waals surface area contributed by atoms with Crippen LogP contribution < -0.4 is 10.5 Å². The van der Waals surface area contributed by atoms with Gasteiger partial charge in [0, 0.05) is 25.2 Å². The predicted molar refractivity (Wildman–Crippen MR) is 93.5 cm³/mol. The molecule has 0 atom stereocenters. The van der Waals surface area contributed by atoms with E-state index in [9.17, 15) is 4.79 Å². The molecule has 0 aliphatic carbocycles. The highest BCUT2D eigenvalue weighted by Crippen LogP contribution is 2.25. The summed E-state index contributed by atoms with van der Waals surface area (Å²) in [4.78, 5) is 22.4. The highest BCUT2D eigenvalue weighted by molar-refractivity contribution is 5.82. The van der Waals surface area contributed by atoms with Crippen molar-refractivity contribution >= 4 is 22.2 Å². The average molecular weight is 310 g/mol. The summed E-state index contributed by atoms with van der Waals surface area (Å²) in [5.74, 6) is 0.949. The van der Waals surface area contributed by atoms with Crippen LogP contribution in [-0.2, 0) is 6.42 Å². The van der Waals surface area contributed by atoms with E-state index < -0.39 is 0 Å². The number of fused-ring (bicyclic) bond motifs is 3. The normalized spacial score (nSPS) is 15.7. The van der Waals surface area contributed by atoms with Crippen molar-refractivity contribution in [1.29, 1.82) is 0 Å². The molecule has 0 spiro atoms. The molecule has 1 N–H and O–H groups in total. The summed E-state index contributed by atoms with van der Waals surface area (Å²) in [7, 11) is 0. The van der Waals surface area contributed by atoms with Crippen LogP contribution in [0.3, 0.4) is 0 Å². The maximum atomic E-state index is 12.4. The van der Waals surface area contributed by atoms with E-state index in [-0.39, 0.29) is 5.56 Å². The number of imidazole rings is 1. The number of aromatic amines is 1. The summed E-state index contributed by atoms with van der Waals surface area (Å²) in [6, 6.07) is 6.34. The van der Waals surface area contributed by atoms with Crippen LogP contribution in [-0.4, -0.2) is 27.5 Å². The smallest absolute Gasteiger partial charge is 0.274 e. The van der Waals surface area contributed by atoms with E-state index in [2.05, 4.69) is 33.9 Å². The molecule has 5 heteroatoms. The summed E-state index contributed by atoms with van der Waals surface area (Å²) in [5.41, 5.74) is 4.56. The van der Waals surface area contributed by atoms with Gasteiger partial charge in [0.1, 0.15) is 11.3 Å². The van der Waals surface area contributed by atoms with Crippen LogP contribution in [0, 0.1) is 6.92 Å². The molecule has 5 nitrogen and oxygen atoms in total. The highest BCUT2D eigenvalue weighted by atomic mass is 16.1. The Balaban J connectivity index is 2.00. The topological polar surface area (TPSA) is 53.4 Å². The number of piperidine rings is 1. The van der Waals surface area contributed by atoms with E-state index in [0.717, 1.165) is 42.1 Å². The molecule has 2 aromatic heterocycles. The van der Waals surface area contributed by atoms with Gasteiger partial charge in [0.25, 0.3) is 5.56 Å². The summed E-state index contributed by atoms with van der Waals surface area (Å²) in [6.07, 6.45) is 4.64. The quantitative estimate of drug-likeness (QED) is 0.791. The summed E-state index contributed by atoms with van der Waals surface area (Å²) in [5, 5.41) is 0. The maximum Gasteiger partial charge on any atom is 0.274 e. The van der Waals surface area contributed by atoms with E-state index >= 15 is 0 Å². The van der Waals surface area contributed by atoms with E-state index in [1.807, 2.05) is 17.4 Å². The minimum absolute atomic E-state index is 0.0621. The van der Waals surface area contributed by atoms with Crippen LogP contribution >= 0.6 is 0 Å². The Kier molecular flexibility index (Phi) is 3.36. The van der Waals surface area contributed by atoms with Crippen LogP contribution in [0.1, 0.15) is 37.7 Å². The third-order valence-corrected chi connectivity index (χ3v) is 4.84. The number of nitrogens with one attached hydrogen (secondary N) is 1. The molecule has 0 radical (unpaired) electrons. The van der Waals surface area contributed by atoms with Gasteiger partial charge in [-0.05, 0) is 44.4 Å². The fraction of sp³-hybridized carbons (Fsp3) is 0.444. The van der Waals surface area contributed by atoms with Gasteiger partial charge in [-0.2, -0.15) is 0 Å². The number of rotatable bonds is 2. The van der Waals surface area contributed by atoms with Gasteiger partial charge in [-0.3, -0.25) is 9.20 Å². The number of aromatic nitrogens is 3. The molecule has 0 amide bonds. The lowest BCUT2D eigenvalue weighted by atomic mass is 10.1. The molecule has 1 aliphatic heterocycles. The number of H-pyrrole nitrogens is 1. The third-order valence-electron chi connectivity index (χ3n) is 4.84. The highest BCUT2D eigenvalue weighted by Gasteiger charge is 2.16. The average Bonchev–Trinajstić information content (AvgIpc) is 2.93. The maximum absolute atomic E-state index is 12.4. The Morgan fingerprint density at radius 1 is 1.22 bits per heavy atom. The second-order valence-electron chi connectivity index (χ2n) is 6.35. The number of hydrogen-bond donors (Lipinski definition) is 1. The second-order valence-corrected chi connectivity index (χ2v) is 6.35. The van der Waals surface area contributed by atoms with Crippen molar-refractivity contribution in [2.75, 3.05) is 18.0 Å². The molecule has 0 saturated carbocycles. The molecular formula is C18H22N4O. The summed E-state index contributed by atoms with van der Waals surface area (Å²) < 4.78 is 2.04. The molecular weight excluding hydrogens is 288 g/mol. The standard InChI is InChI=1S/C18H22N4O/c1-3-16-19-12(2)17-18(23)20-14-8-7-13(11-15(14)22(16)17)21-9-5-4-6-10-21/h7-8,11H,3-6,9-10H2,1-2H3,(H,20,23). The molecule has 1 saturated heterocycles. The largest absolute Gasteiger partial charge is 0.371 e. The molecule has 0 bridgehead atoms. The minimum atomic E-state index is -0.0621. The second kappa shape index (κ2) is 5.41. The Hall–Kier alpha value is -2.30. The molecule has 1 aromatic carbocycles. The first-order valence-electron chi connectivity index (χ1n) is 8.48. The van der Waals surface area contributed by atoms with Crippen molar-refractivity contribution < 1.29 is 0 Å². The van der Waals surface area contributed by atoms with Gasteiger partial charge in [0.15, 0.2) is 0 Å². The first kappa shape index (κ1) is 14.3. The van der Waals surface area contributed by atoms with Crippen molar-refractivity contribution in [3.8, 4) is 0 Å². The number of anilines is 1. The fourth-order valence-electron chi connectivity index (χ4n) is 3.69. The lowest BCUT2D eigenvalue weighted by Gasteiger charge is -2.29. The molecule has 23 heavy (non-hydrogen) atoms. The molecule has 3 aromatic rings. The Bertz CT molecular complexity index is 931. The fourth-order valence-corrected chi connectivity index (χ4v) is 3.69. The van der Waals surface area contributed by atoms with Gasteiger partial charge in [0.05, 0.1) is 16.7 Å². The zero-order valence-corrected chi connectivity index (χ0v) is 13.7. The van der Waals surface area contributed by atoms with Crippen LogP contribution in [0.5, 0.6) is 0 Å². The zero-order chi connectivity index (χ0) is 16.0. The van der Waals surface area contributed by atoms with Gasteiger partial charge >= 0.3 is 0 Å². The van der Waals surface area contributed by atoms with Gasteiger partial charge in [-0.25, -0.2) is 4.98 Å². The van der Waals surface area contributed by atoms with E-state index in [1.165, 1.54) is 24.9 Å². The molecule has 3 heterocycles. The number of nitrogens with zero attached hydrogens (tertiary/aromatic N) is 3. The van der Waals surface area contributed by atoms with Crippen molar-refractivity contribution in [3.05, 3.63) is 40.1 Å². The van der Waals surface area contributed by atoms with Crippen LogP contribution in [0.25, 0.3) is 16.6 Å². The monoisotopic (exact) mass is 310 g/mol. The van der Waals surface area contributed by atoms with Gasteiger partial charge in [-0.1, -0.05) is 6.92 Å². The van der Waals surface area contributed by atoms with Crippen molar-refractivity contribution in [2.24, 2.45) is 0 Å². The van der Waals surface area contributed by atoms with E-state index in [1.54, 1.807) is 0 Å². The van der Waals surface area contributed by atoms with Crippen molar-refractivity contribution in [1.82, 2.24) is 14.4 Å². The van der Waals surface area contributed by atoms with Crippen LogP contribution in [0.4, 0.5) is 5.69 Å². The lowest BCUT2D eigenvalue weighted by Crippen LogP contribution is -2.29. The Morgan fingerprint density at radius 2 is 2.00 bits per heavy atom. The zero-order valence-electron chi connectivity index (χ0n) is 13.7. The molecule has 4 rings (SSSR count). The molecule has 120 valence electrons. The SMILES string of the molecule is CCc1nc(C)c2c(=O)[nH]c3ccc(N4CCCCC4)cc3n12. The predicted octanol–water partition coefficient (Wildman–Crippen LogP) is 3.04. The first-order valence-corrected chi connectivity index (χ1v) is 8.48. The Labute approximate surface area is 135 Å². The number of aryl methyl sites for hydroxylation is 2. The van der Waals surface area contributed by atoms with E-state index in [4.69, 9.17) is 0 Å². The van der Waals surface area contributed by atoms with Crippen molar-refractivity contribution in [2.45, 2.75) is 39.5 Å². The van der Waals surface area contributed by atoms with E-state index in [0.29, 0.717) is 5.52 Å². The summed E-state index contributed by atoms with van der Waals surface area (Å²) in [6.45, 7) is 6.21. The molecule has 1 aliphatic rings. The first-order chi connectivity index (χ1) is 11.2. The van der Waals surface area contributed by atoms with Crippen molar-refractivity contribution in [3.63, 3.8) is 0 Å². The minimum Gasteiger partial charge on any atom is -0.371 e. The number of hydrogen-bond acceptors (Lipinski definition) is 3. The summed E-state index contributed by atoms with van der Waals surface area (Å²) >= 11 is 0. The van der Waals surface area contributed by atoms with Crippen LogP contribution in [0.2, 0.25) is 0 Å². The Morgan fingerprint density at radius 3 is 2.74 bits per heavy atom.